The highest BCUT2D eigenvalue weighted by atomic mass is 35.5. The van der Waals surface area contributed by atoms with Crippen molar-refractivity contribution in [2.24, 2.45) is 0 Å². The van der Waals surface area contributed by atoms with Crippen molar-refractivity contribution in [1.29, 1.82) is 0 Å². The number of aromatic amines is 1. The van der Waals surface area contributed by atoms with Crippen LogP contribution in [0, 0.1) is 0 Å². The molecule has 0 atom stereocenters. The molecule has 0 bridgehead atoms. The zero-order valence-electron chi connectivity index (χ0n) is 16.0. The van der Waals surface area contributed by atoms with Crippen LogP contribution >= 0.6 is 24.8 Å². The molecule has 1 N–H and O–H groups in total. The lowest BCUT2D eigenvalue weighted by molar-refractivity contribution is 0.255. The minimum absolute atomic E-state index is 0. The third-order valence-corrected chi connectivity index (χ3v) is 5.38. The smallest absolute Gasteiger partial charge is 0.262 e. The normalized spacial score (nSPS) is 14.9. The van der Waals surface area contributed by atoms with E-state index in [2.05, 4.69) is 46.2 Å². The lowest BCUT2D eigenvalue weighted by atomic mass is 9.88. The molecule has 0 unspecified atom stereocenters. The number of methoxy groups -OCH3 is 1. The number of ether oxygens (including phenoxy) is 1. The van der Waals surface area contributed by atoms with Gasteiger partial charge in [0.1, 0.15) is 11.1 Å². The molecule has 0 aliphatic carbocycles. The number of hydrogen-bond donors (Lipinski definition) is 1. The Labute approximate surface area is 176 Å². The summed E-state index contributed by atoms with van der Waals surface area (Å²) < 4.78 is 5.59. The first kappa shape index (κ1) is 22.2. The van der Waals surface area contributed by atoms with Gasteiger partial charge in [-0.2, -0.15) is 0 Å². The minimum Gasteiger partial charge on any atom is -0.495 e. The van der Waals surface area contributed by atoms with Gasteiger partial charge in [-0.1, -0.05) is 24.3 Å². The maximum Gasteiger partial charge on any atom is 0.262 e. The zero-order valence-corrected chi connectivity index (χ0v) is 17.6. The summed E-state index contributed by atoms with van der Waals surface area (Å²) in [7, 11) is 3.78. The molecule has 1 aliphatic heterocycles. The number of aromatic nitrogens is 2. The highest BCUT2D eigenvalue weighted by Gasteiger charge is 2.19. The third kappa shape index (κ3) is 4.17. The van der Waals surface area contributed by atoms with Crippen LogP contribution in [0.2, 0.25) is 0 Å². The van der Waals surface area contributed by atoms with E-state index in [9.17, 15) is 4.79 Å². The molecule has 5 nitrogen and oxygen atoms in total. The highest BCUT2D eigenvalue weighted by molar-refractivity contribution is 5.92. The van der Waals surface area contributed by atoms with E-state index in [1.165, 1.54) is 24.7 Å². The van der Waals surface area contributed by atoms with Crippen LogP contribution in [-0.2, 0) is 0 Å². The second-order valence-electron chi connectivity index (χ2n) is 6.97. The average molecular weight is 422 g/mol. The summed E-state index contributed by atoms with van der Waals surface area (Å²) in [6, 6.07) is 12.5. The highest BCUT2D eigenvalue weighted by Crippen LogP contribution is 2.36. The quantitative estimate of drug-likeness (QED) is 0.686. The average Bonchev–Trinajstić information content (AvgIpc) is 2.68. The van der Waals surface area contributed by atoms with Gasteiger partial charge in [-0.3, -0.25) is 4.79 Å². The molecule has 4 rings (SSSR count). The van der Waals surface area contributed by atoms with E-state index >= 15 is 0 Å². The number of hydrogen-bond acceptors (Lipinski definition) is 4. The second-order valence-corrected chi connectivity index (χ2v) is 6.97. The monoisotopic (exact) mass is 421 g/mol. The number of halogens is 2. The molecule has 1 aliphatic rings. The fraction of sp³-hybridized carbons (Fsp3) is 0.333. The summed E-state index contributed by atoms with van der Waals surface area (Å²) in [5.74, 6) is 1.20. The van der Waals surface area contributed by atoms with Crippen molar-refractivity contribution in [1.82, 2.24) is 14.9 Å². The Morgan fingerprint density at radius 1 is 1.07 bits per heavy atom. The number of piperidine rings is 1. The summed E-state index contributed by atoms with van der Waals surface area (Å²) in [6.07, 6.45) is 3.83. The van der Waals surface area contributed by atoms with Crippen LogP contribution in [0.25, 0.3) is 22.0 Å². The molecule has 0 amide bonds. The van der Waals surface area contributed by atoms with Gasteiger partial charge in [0.15, 0.2) is 0 Å². The summed E-state index contributed by atoms with van der Waals surface area (Å²) in [4.78, 5) is 21.5. The van der Waals surface area contributed by atoms with Crippen molar-refractivity contribution in [2.45, 2.75) is 18.8 Å². The van der Waals surface area contributed by atoms with Crippen molar-refractivity contribution < 1.29 is 4.74 Å². The molecule has 2 aromatic carbocycles. The first-order chi connectivity index (χ1) is 12.7. The van der Waals surface area contributed by atoms with Gasteiger partial charge in [0.05, 0.1) is 19.0 Å². The zero-order chi connectivity index (χ0) is 18.1. The number of rotatable bonds is 3. The van der Waals surface area contributed by atoms with Crippen LogP contribution in [0.3, 0.4) is 0 Å². The minimum atomic E-state index is -0.184. The first-order valence-electron chi connectivity index (χ1n) is 9.00. The Morgan fingerprint density at radius 2 is 1.75 bits per heavy atom. The fourth-order valence-electron chi connectivity index (χ4n) is 3.85. The van der Waals surface area contributed by atoms with Gasteiger partial charge in [0.2, 0.25) is 0 Å². The predicted molar refractivity (Wildman–Crippen MR) is 118 cm³/mol. The maximum absolute atomic E-state index is 12.2. The Morgan fingerprint density at radius 3 is 2.39 bits per heavy atom. The van der Waals surface area contributed by atoms with E-state index in [4.69, 9.17) is 4.74 Å². The van der Waals surface area contributed by atoms with Gasteiger partial charge in [-0.05, 0) is 62.2 Å². The number of H-pyrrole nitrogens is 1. The van der Waals surface area contributed by atoms with Crippen molar-refractivity contribution in [3.8, 4) is 16.9 Å². The van der Waals surface area contributed by atoms with E-state index in [-0.39, 0.29) is 30.4 Å². The van der Waals surface area contributed by atoms with Crippen LogP contribution < -0.4 is 10.3 Å². The van der Waals surface area contributed by atoms with Crippen LogP contribution in [0.5, 0.6) is 5.75 Å². The third-order valence-electron chi connectivity index (χ3n) is 5.38. The predicted octanol–water partition coefficient (Wildman–Crippen LogP) is 4.25. The molecule has 2 heterocycles. The summed E-state index contributed by atoms with van der Waals surface area (Å²) in [5.41, 5.74) is 3.80. The van der Waals surface area contributed by atoms with Gasteiger partial charge < -0.3 is 14.6 Å². The number of likely N-dealkylation sites (tertiary alicyclic amines) is 1. The molecule has 150 valence electrons. The Kier molecular flexibility index (Phi) is 7.47. The second kappa shape index (κ2) is 9.41. The largest absolute Gasteiger partial charge is 0.495 e. The van der Waals surface area contributed by atoms with Crippen LogP contribution in [0.4, 0.5) is 0 Å². The van der Waals surface area contributed by atoms with E-state index in [0.717, 1.165) is 24.2 Å². The lowest BCUT2D eigenvalue weighted by Gasteiger charge is -2.29. The van der Waals surface area contributed by atoms with E-state index in [0.29, 0.717) is 22.6 Å². The standard InChI is InChI=1S/C21H23N3O2.2ClH/c1-24-11-9-15(10-12-24)14-3-5-16(6-4-14)17-7-8-18-19(20(17)26-2)21(25)23-13-22-18;;/h3-8,13,15H,9-12H2,1-2H3,(H,22,23,25);2*1H. The van der Waals surface area contributed by atoms with Crippen molar-refractivity contribution >= 4 is 35.7 Å². The van der Waals surface area contributed by atoms with Crippen molar-refractivity contribution in [2.75, 3.05) is 27.2 Å². The summed E-state index contributed by atoms with van der Waals surface area (Å²) >= 11 is 0. The Hall–Kier alpha value is -2.08. The van der Waals surface area contributed by atoms with Gasteiger partial charge in [-0.25, -0.2) is 4.98 Å². The molecule has 0 radical (unpaired) electrons. The molecule has 1 saturated heterocycles. The molecule has 0 spiro atoms. The van der Waals surface area contributed by atoms with E-state index in [1.54, 1.807) is 7.11 Å². The van der Waals surface area contributed by atoms with Crippen molar-refractivity contribution in [3.05, 3.63) is 58.6 Å². The topological polar surface area (TPSA) is 58.2 Å². The van der Waals surface area contributed by atoms with E-state index < -0.39 is 0 Å². The van der Waals surface area contributed by atoms with Crippen LogP contribution in [0.15, 0.2) is 47.5 Å². The number of nitrogens with one attached hydrogen (secondary N) is 1. The lowest BCUT2D eigenvalue weighted by Crippen LogP contribution is -2.29. The summed E-state index contributed by atoms with van der Waals surface area (Å²) in [6.45, 7) is 2.31. The first-order valence-corrected chi connectivity index (χ1v) is 9.00. The van der Waals surface area contributed by atoms with Gasteiger partial charge in [0, 0.05) is 5.56 Å². The van der Waals surface area contributed by atoms with Gasteiger partial charge in [-0.15, -0.1) is 24.8 Å². The SMILES string of the molecule is COc1c(-c2ccc(C3CCN(C)CC3)cc2)ccc2nc[nH]c(=O)c12.Cl.Cl. The molecule has 1 fully saturated rings. The molecule has 3 aromatic rings. The van der Waals surface area contributed by atoms with Crippen LogP contribution in [-0.4, -0.2) is 42.1 Å². The van der Waals surface area contributed by atoms with Crippen LogP contribution in [0.1, 0.15) is 24.3 Å². The molecule has 28 heavy (non-hydrogen) atoms. The molecular formula is C21H25Cl2N3O2. The summed E-state index contributed by atoms with van der Waals surface area (Å²) in [5, 5.41) is 0.492. The maximum atomic E-state index is 12.2. The number of benzene rings is 2. The fourth-order valence-corrected chi connectivity index (χ4v) is 3.85. The molecule has 0 saturated carbocycles. The molecule has 1 aromatic heterocycles. The number of nitrogens with zero attached hydrogens (tertiary/aromatic N) is 2. The van der Waals surface area contributed by atoms with Gasteiger partial charge in [0.25, 0.3) is 5.56 Å². The van der Waals surface area contributed by atoms with E-state index in [1.807, 2.05) is 12.1 Å². The Balaban J connectivity index is 0.00000140. The molecule has 7 heteroatoms. The van der Waals surface area contributed by atoms with Gasteiger partial charge >= 0.3 is 0 Å². The Bertz CT molecular complexity index is 981. The number of fused-ring (bicyclic) bond motifs is 1. The molecular weight excluding hydrogens is 397 g/mol. The van der Waals surface area contributed by atoms with Crippen molar-refractivity contribution in [3.63, 3.8) is 0 Å².